The summed E-state index contributed by atoms with van der Waals surface area (Å²) in [6.45, 7) is 1.71. The van der Waals surface area contributed by atoms with Gasteiger partial charge in [-0.2, -0.15) is 5.26 Å². The van der Waals surface area contributed by atoms with Crippen molar-refractivity contribution in [2.75, 3.05) is 7.11 Å². The Morgan fingerprint density at radius 2 is 1.70 bits per heavy atom. The topological polar surface area (TPSA) is 62.5 Å². The molecule has 0 bridgehead atoms. The quantitative estimate of drug-likeness (QED) is 0.923. The summed E-state index contributed by atoms with van der Waals surface area (Å²) in [7, 11) is 1.54. The van der Waals surface area contributed by atoms with Gasteiger partial charge in [-0.15, -0.1) is 0 Å². The number of hydrogen-bond donors (Lipinski definition) is 1. The molecule has 1 N–H and O–H groups in total. The smallest absolute Gasteiger partial charge is 0.132 e. The minimum Gasteiger partial charge on any atom is -0.497 e. The van der Waals surface area contributed by atoms with Crippen molar-refractivity contribution in [2.24, 2.45) is 0 Å². The number of nitrogens with zero attached hydrogens (tertiary/aromatic N) is 1. The molecule has 20 heavy (non-hydrogen) atoms. The molecular formula is C16H15NO3. The third kappa shape index (κ3) is 3.28. The lowest BCUT2D eigenvalue weighted by Gasteiger charge is -2.09. The molecule has 0 aliphatic carbocycles. The minimum absolute atomic E-state index is 0.472. The molecule has 4 nitrogen and oxygen atoms in total. The van der Waals surface area contributed by atoms with Crippen molar-refractivity contribution in [3.63, 3.8) is 0 Å². The van der Waals surface area contributed by atoms with Gasteiger partial charge >= 0.3 is 0 Å². The lowest BCUT2D eigenvalue weighted by molar-refractivity contribution is 0.199. The maximum atomic E-state index is 9.45. The molecule has 2 rings (SSSR count). The van der Waals surface area contributed by atoms with E-state index in [0.717, 1.165) is 5.56 Å². The van der Waals surface area contributed by atoms with Gasteiger partial charge in [0.05, 0.1) is 24.8 Å². The van der Waals surface area contributed by atoms with Crippen LogP contribution in [0.5, 0.6) is 17.2 Å². The number of hydrogen-bond acceptors (Lipinski definition) is 4. The predicted molar refractivity (Wildman–Crippen MR) is 74.9 cm³/mol. The van der Waals surface area contributed by atoms with E-state index in [2.05, 4.69) is 6.07 Å². The van der Waals surface area contributed by atoms with E-state index in [1.165, 1.54) is 7.11 Å². The molecular weight excluding hydrogens is 254 g/mol. The Morgan fingerprint density at radius 1 is 1.05 bits per heavy atom. The summed E-state index contributed by atoms with van der Waals surface area (Å²) in [6.07, 6.45) is -0.508. The highest BCUT2D eigenvalue weighted by Gasteiger charge is 2.05. The van der Waals surface area contributed by atoms with Crippen molar-refractivity contribution in [1.82, 2.24) is 0 Å². The number of aliphatic hydroxyl groups is 1. The Kier molecular flexibility index (Phi) is 4.24. The number of methoxy groups -OCH3 is 1. The number of ether oxygens (including phenoxy) is 2. The van der Waals surface area contributed by atoms with Crippen molar-refractivity contribution >= 4 is 0 Å². The summed E-state index contributed by atoms with van der Waals surface area (Å²) in [5.41, 5.74) is 1.29. The van der Waals surface area contributed by atoms with Gasteiger partial charge in [0.2, 0.25) is 0 Å². The second-order valence-electron chi connectivity index (χ2n) is 4.36. The average molecular weight is 269 g/mol. The van der Waals surface area contributed by atoms with E-state index >= 15 is 0 Å². The highest BCUT2D eigenvalue weighted by atomic mass is 16.5. The molecule has 0 amide bonds. The van der Waals surface area contributed by atoms with E-state index in [4.69, 9.17) is 14.7 Å². The Bertz CT molecular complexity index is 627. The van der Waals surface area contributed by atoms with Crippen molar-refractivity contribution in [3.8, 4) is 23.3 Å². The van der Waals surface area contributed by atoms with E-state index in [1.807, 2.05) is 0 Å². The van der Waals surface area contributed by atoms with Gasteiger partial charge < -0.3 is 14.6 Å². The van der Waals surface area contributed by atoms with Gasteiger partial charge in [0.1, 0.15) is 17.2 Å². The zero-order valence-corrected chi connectivity index (χ0v) is 11.3. The summed E-state index contributed by atoms with van der Waals surface area (Å²) >= 11 is 0. The number of benzene rings is 2. The Morgan fingerprint density at radius 3 is 2.25 bits per heavy atom. The number of rotatable bonds is 4. The molecule has 2 aromatic carbocycles. The summed E-state index contributed by atoms with van der Waals surface area (Å²) in [6, 6.07) is 14.2. The predicted octanol–water partition coefficient (Wildman–Crippen LogP) is 3.41. The third-order valence-electron chi connectivity index (χ3n) is 2.84. The summed E-state index contributed by atoms with van der Waals surface area (Å²) in [5.74, 6) is 1.73. The van der Waals surface area contributed by atoms with Gasteiger partial charge in [-0.05, 0) is 36.8 Å². The lowest BCUT2D eigenvalue weighted by atomic mass is 10.1. The standard InChI is InChI=1S/C16H15NO3/c1-11(18)13-3-5-14(6-4-13)20-16-8-12(10-17)7-15(9-16)19-2/h3-9,11,18H,1-2H3. The average Bonchev–Trinajstić information content (AvgIpc) is 2.47. The summed E-state index contributed by atoms with van der Waals surface area (Å²) in [4.78, 5) is 0. The molecule has 0 radical (unpaired) electrons. The largest absolute Gasteiger partial charge is 0.497 e. The van der Waals surface area contributed by atoms with Gasteiger partial charge in [-0.3, -0.25) is 0 Å². The molecule has 0 aromatic heterocycles. The molecule has 4 heteroatoms. The summed E-state index contributed by atoms with van der Waals surface area (Å²) in [5, 5.41) is 18.4. The molecule has 1 unspecified atom stereocenters. The fraction of sp³-hybridized carbons (Fsp3) is 0.188. The maximum absolute atomic E-state index is 9.45. The Labute approximate surface area is 117 Å². The lowest BCUT2D eigenvalue weighted by Crippen LogP contribution is -1.92. The molecule has 1 atom stereocenters. The van der Waals surface area contributed by atoms with Crippen molar-refractivity contribution in [3.05, 3.63) is 53.6 Å². The van der Waals surface area contributed by atoms with Crippen LogP contribution in [-0.2, 0) is 0 Å². The molecule has 0 fully saturated rings. The van der Waals surface area contributed by atoms with Gasteiger partial charge in [-0.25, -0.2) is 0 Å². The highest BCUT2D eigenvalue weighted by molar-refractivity contribution is 5.45. The monoisotopic (exact) mass is 269 g/mol. The SMILES string of the molecule is COc1cc(C#N)cc(Oc2ccc(C(C)O)cc2)c1. The van der Waals surface area contributed by atoms with E-state index in [9.17, 15) is 5.11 Å². The molecule has 0 aliphatic heterocycles. The molecule has 0 heterocycles. The van der Waals surface area contributed by atoms with Crippen LogP contribution in [0.2, 0.25) is 0 Å². The Balaban J connectivity index is 2.23. The van der Waals surface area contributed by atoms with Gasteiger partial charge in [-0.1, -0.05) is 12.1 Å². The van der Waals surface area contributed by atoms with Crippen LogP contribution in [0.15, 0.2) is 42.5 Å². The van der Waals surface area contributed by atoms with Gasteiger partial charge in [0.25, 0.3) is 0 Å². The number of nitriles is 1. The first-order chi connectivity index (χ1) is 9.62. The van der Waals surface area contributed by atoms with Crippen LogP contribution >= 0.6 is 0 Å². The maximum Gasteiger partial charge on any atom is 0.132 e. The van der Waals surface area contributed by atoms with E-state index in [-0.39, 0.29) is 0 Å². The van der Waals surface area contributed by atoms with Crippen molar-refractivity contribution in [1.29, 1.82) is 5.26 Å². The first kappa shape index (κ1) is 13.9. The highest BCUT2D eigenvalue weighted by Crippen LogP contribution is 2.28. The fourth-order valence-electron chi connectivity index (χ4n) is 1.76. The molecule has 0 aliphatic rings. The zero-order valence-electron chi connectivity index (χ0n) is 11.3. The van der Waals surface area contributed by atoms with Crippen LogP contribution in [0.3, 0.4) is 0 Å². The second kappa shape index (κ2) is 6.09. The molecule has 2 aromatic rings. The van der Waals surface area contributed by atoms with E-state index in [0.29, 0.717) is 22.8 Å². The van der Waals surface area contributed by atoms with Crippen LogP contribution in [0, 0.1) is 11.3 Å². The normalized spacial score (nSPS) is 11.5. The van der Waals surface area contributed by atoms with E-state index < -0.39 is 6.10 Å². The van der Waals surface area contributed by atoms with Crippen LogP contribution in [0.1, 0.15) is 24.2 Å². The molecule has 0 saturated heterocycles. The minimum atomic E-state index is -0.508. The van der Waals surface area contributed by atoms with Crippen LogP contribution in [0.25, 0.3) is 0 Å². The van der Waals surface area contributed by atoms with Crippen LogP contribution in [0.4, 0.5) is 0 Å². The van der Waals surface area contributed by atoms with Crippen molar-refractivity contribution < 1.29 is 14.6 Å². The first-order valence-electron chi connectivity index (χ1n) is 6.17. The van der Waals surface area contributed by atoms with E-state index in [1.54, 1.807) is 49.4 Å². The molecule has 0 saturated carbocycles. The van der Waals surface area contributed by atoms with Crippen molar-refractivity contribution in [2.45, 2.75) is 13.0 Å². The van der Waals surface area contributed by atoms with Crippen LogP contribution < -0.4 is 9.47 Å². The first-order valence-corrected chi connectivity index (χ1v) is 6.17. The van der Waals surface area contributed by atoms with Gasteiger partial charge in [0, 0.05) is 6.07 Å². The molecule has 0 spiro atoms. The molecule has 102 valence electrons. The summed E-state index contributed by atoms with van der Waals surface area (Å²) < 4.78 is 10.8. The third-order valence-corrected chi connectivity index (χ3v) is 2.84. The number of aliphatic hydroxyl groups excluding tert-OH is 1. The Hall–Kier alpha value is -2.51. The van der Waals surface area contributed by atoms with Crippen LogP contribution in [-0.4, -0.2) is 12.2 Å². The van der Waals surface area contributed by atoms with Gasteiger partial charge in [0.15, 0.2) is 0 Å². The fourth-order valence-corrected chi connectivity index (χ4v) is 1.76. The second-order valence-corrected chi connectivity index (χ2v) is 4.36. The zero-order chi connectivity index (χ0) is 14.5.